The van der Waals surface area contributed by atoms with E-state index in [1.807, 2.05) is 18.3 Å². The van der Waals surface area contributed by atoms with Crippen LogP contribution in [0, 0.1) is 0 Å². The number of H-pyrrole nitrogens is 1. The van der Waals surface area contributed by atoms with Gasteiger partial charge in [0.2, 0.25) is 0 Å². The normalized spacial score (nSPS) is 23.3. The quantitative estimate of drug-likeness (QED) is 0.686. The Morgan fingerprint density at radius 1 is 1.25 bits per heavy atom. The fourth-order valence-electron chi connectivity index (χ4n) is 4.02. The first-order valence-corrected chi connectivity index (χ1v) is 8.35. The van der Waals surface area contributed by atoms with Gasteiger partial charge in [-0.2, -0.15) is 0 Å². The molecule has 2 atom stereocenters. The molecular formula is C18H19N5O. The first-order chi connectivity index (χ1) is 11.8. The fourth-order valence-corrected chi connectivity index (χ4v) is 4.02. The van der Waals surface area contributed by atoms with Crippen LogP contribution >= 0.6 is 0 Å². The van der Waals surface area contributed by atoms with Crippen LogP contribution in [0.3, 0.4) is 0 Å². The third-order valence-electron chi connectivity index (χ3n) is 5.22. The zero-order chi connectivity index (χ0) is 16.1. The molecule has 6 heteroatoms. The van der Waals surface area contributed by atoms with Crippen molar-refractivity contribution in [1.29, 1.82) is 0 Å². The summed E-state index contributed by atoms with van der Waals surface area (Å²) in [6.07, 6.45) is 6.65. The van der Waals surface area contributed by atoms with Gasteiger partial charge in [-0.1, -0.05) is 6.07 Å². The Morgan fingerprint density at radius 2 is 2.21 bits per heavy atom. The number of aromatic nitrogens is 3. The molecule has 3 aromatic rings. The first-order valence-electron chi connectivity index (χ1n) is 8.35. The molecule has 0 aliphatic carbocycles. The highest BCUT2D eigenvalue weighted by atomic mass is 16.3. The van der Waals surface area contributed by atoms with Gasteiger partial charge in [0, 0.05) is 55.7 Å². The van der Waals surface area contributed by atoms with Gasteiger partial charge in [-0.05, 0) is 24.1 Å². The number of piperazine rings is 1. The predicted molar refractivity (Wildman–Crippen MR) is 91.6 cm³/mol. The SMILES string of the molecule is Oc1[nH]c2ccncc2c1-c1ccc(CN2CC3CC2CN3)cn1. The lowest BCUT2D eigenvalue weighted by atomic mass is 10.1. The van der Waals surface area contributed by atoms with Crippen LogP contribution in [0.5, 0.6) is 5.88 Å². The third-order valence-corrected chi connectivity index (χ3v) is 5.22. The Labute approximate surface area is 139 Å². The molecule has 5 heterocycles. The van der Waals surface area contributed by atoms with E-state index in [0.717, 1.165) is 36.2 Å². The first kappa shape index (κ1) is 13.9. The second-order valence-corrected chi connectivity index (χ2v) is 6.75. The van der Waals surface area contributed by atoms with Crippen LogP contribution in [0.15, 0.2) is 36.8 Å². The maximum Gasteiger partial charge on any atom is 0.199 e. The zero-order valence-electron chi connectivity index (χ0n) is 13.2. The zero-order valence-corrected chi connectivity index (χ0v) is 13.2. The average Bonchev–Trinajstić information content (AvgIpc) is 3.29. The second-order valence-electron chi connectivity index (χ2n) is 6.75. The predicted octanol–water partition coefficient (Wildman–Crippen LogP) is 1.88. The Bertz CT molecular complexity index is 888. The summed E-state index contributed by atoms with van der Waals surface area (Å²) in [4.78, 5) is 14.2. The number of nitrogens with zero attached hydrogens (tertiary/aromatic N) is 3. The van der Waals surface area contributed by atoms with Gasteiger partial charge in [0.05, 0.1) is 16.8 Å². The van der Waals surface area contributed by atoms with Crippen molar-refractivity contribution < 1.29 is 5.11 Å². The van der Waals surface area contributed by atoms with Crippen LogP contribution in [0.1, 0.15) is 12.0 Å². The van der Waals surface area contributed by atoms with Gasteiger partial charge < -0.3 is 15.4 Å². The lowest BCUT2D eigenvalue weighted by molar-refractivity contribution is 0.217. The Balaban J connectivity index is 1.42. The molecule has 5 rings (SSSR count). The van der Waals surface area contributed by atoms with E-state index in [1.54, 1.807) is 12.4 Å². The molecule has 0 radical (unpaired) electrons. The van der Waals surface area contributed by atoms with Gasteiger partial charge in [-0.3, -0.25) is 14.9 Å². The number of nitrogens with one attached hydrogen (secondary N) is 2. The molecule has 3 aromatic heterocycles. The number of aromatic amines is 1. The molecule has 2 saturated heterocycles. The summed E-state index contributed by atoms with van der Waals surface area (Å²) in [7, 11) is 0. The number of fused-ring (bicyclic) bond motifs is 3. The molecule has 6 nitrogen and oxygen atoms in total. The summed E-state index contributed by atoms with van der Waals surface area (Å²) >= 11 is 0. The minimum atomic E-state index is 0.140. The van der Waals surface area contributed by atoms with E-state index in [9.17, 15) is 5.11 Å². The smallest absolute Gasteiger partial charge is 0.199 e. The van der Waals surface area contributed by atoms with Crippen LogP contribution < -0.4 is 5.32 Å². The summed E-state index contributed by atoms with van der Waals surface area (Å²) in [6, 6.07) is 7.27. The fraction of sp³-hybridized carbons (Fsp3) is 0.333. The summed E-state index contributed by atoms with van der Waals surface area (Å²) in [5, 5.41) is 14.6. The van der Waals surface area contributed by atoms with Gasteiger partial charge in [0.1, 0.15) is 0 Å². The van der Waals surface area contributed by atoms with Crippen LogP contribution in [0.25, 0.3) is 22.2 Å². The second kappa shape index (κ2) is 5.29. The van der Waals surface area contributed by atoms with Crippen LogP contribution in [0.2, 0.25) is 0 Å². The van der Waals surface area contributed by atoms with Gasteiger partial charge in [-0.15, -0.1) is 0 Å². The number of hydrogen-bond acceptors (Lipinski definition) is 5. The highest BCUT2D eigenvalue weighted by Gasteiger charge is 2.37. The summed E-state index contributed by atoms with van der Waals surface area (Å²) in [5.41, 5.74) is 3.56. The van der Waals surface area contributed by atoms with Gasteiger partial charge in [0.15, 0.2) is 5.88 Å². The van der Waals surface area contributed by atoms with Crippen molar-refractivity contribution >= 4 is 10.9 Å². The number of aromatic hydroxyl groups is 1. The lowest BCUT2D eigenvalue weighted by Crippen LogP contribution is -2.42. The number of rotatable bonds is 3. The average molecular weight is 321 g/mol. The lowest BCUT2D eigenvalue weighted by Gasteiger charge is -2.27. The molecule has 2 aliphatic rings. The van der Waals surface area contributed by atoms with E-state index in [4.69, 9.17) is 0 Å². The maximum absolute atomic E-state index is 10.2. The molecule has 24 heavy (non-hydrogen) atoms. The summed E-state index contributed by atoms with van der Waals surface area (Å²) < 4.78 is 0. The molecule has 0 spiro atoms. The number of pyridine rings is 2. The van der Waals surface area contributed by atoms with E-state index < -0.39 is 0 Å². The minimum Gasteiger partial charge on any atom is -0.494 e. The molecule has 0 saturated carbocycles. The highest BCUT2D eigenvalue weighted by molar-refractivity contribution is 5.97. The minimum absolute atomic E-state index is 0.140. The standard InChI is InChI=1S/C18H19N5O/c24-18-17(14-8-19-4-3-15(14)22-18)16-2-1-11(6-21-16)9-23-10-12-5-13(23)7-20-12/h1-4,6,8,12-13,20,22,24H,5,7,9-10H2. The topological polar surface area (TPSA) is 77.1 Å². The highest BCUT2D eigenvalue weighted by Crippen LogP contribution is 2.35. The molecule has 2 aliphatic heterocycles. The van der Waals surface area contributed by atoms with Crippen molar-refractivity contribution in [3.63, 3.8) is 0 Å². The Hall–Kier alpha value is -2.44. The molecule has 0 aromatic carbocycles. The van der Waals surface area contributed by atoms with E-state index in [1.165, 1.54) is 12.0 Å². The molecule has 0 amide bonds. The molecule has 3 N–H and O–H groups in total. The van der Waals surface area contributed by atoms with Crippen molar-refractivity contribution in [2.75, 3.05) is 13.1 Å². The summed E-state index contributed by atoms with van der Waals surface area (Å²) in [6.45, 7) is 3.17. The Kier molecular flexibility index (Phi) is 3.08. The molecule has 122 valence electrons. The van der Waals surface area contributed by atoms with Crippen molar-refractivity contribution in [3.8, 4) is 17.1 Å². The molecule has 2 fully saturated rings. The number of likely N-dealkylation sites (tertiary alicyclic amines) is 1. The summed E-state index contributed by atoms with van der Waals surface area (Å²) in [5.74, 6) is 0.140. The van der Waals surface area contributed by atoms with Crippen LogP contribution in [-0.4, -0.2) is 50.1 Å². The monoisotopic (exact) mass is 321 g/mol. The van der Waals surface area contributed by atoms with Crippen LogP contribution in [0.4, 0.5) is 0 Å². The van der Waals surface area contributed by atoms with Gasteiger partial charge >= 0.3 is 0 Å². The molecular weight excluding hydrogens is 302 g/mol. The maximum atomic E-state index is 10.2. The van der Waals surface area contributed by atoms with Crippen molar-refractivity contribution in [3.05, 3.63) is 42.4 Å². The van der Waals surface area contributed by atoms with E-state index >= 15 is 0 Å². The van der Waals surface area contributed by atoms with E-state index in [-0.39, 0.29) is 5.88 Å². The van der Waals surface area contributed by atoms with Gasteiger partial charge in [0.25, 0.3) is 0 Å². The largest absolute Gasteiger partial charge is 0.494 e. The van der Waals surface area contributed by atoms with Crippen molar-refractivity contribution in [2.45, 2.75) is 25.0 Å². The van der Waals surface area contributed by atoms with E-state index in [0.29, 0.717) is 17.6 Å². The van der Waals surface area contributed by atoms with E-state index in [2.05, 4.69) is 31.2 Å². The number of hydrogen-bond donors (Lipinski definition) is 3. The van der Waals surface area contributed by atoms with Crippen molar-refractivity contribution in [1.82, 2.24) is 25.2 Å². The molecule has 2 bridgehead atoms. The molecule has 2 unspecified atom stereocenters. The third kappa shape index (κ3) is 2.18. The van der Waals surface area contributed by atoms with Crippen LogP contribution in [-0.2, 0) is 6.54 Å². The Morgan fingerprint density at radius 3 is 2.96 bits per heavy atom. The van der Waals surface area contributed by atoms with Crippen molar-refractivity contribution in [2.24, 2.45) is 0 Å². The van der Waals surface area contributed by atoms with Gasteiger partial charge in [-0.25, -0.2) is 0 Å².